The highest BCUT2D eigenvalue weighted by atomic mass is 16.5. The molecule has 3 rings (SSSR count). The summed E-state index contributed by atoms with van der Waals surface area (Å²) in [4.78, 5) is 17.7. The second-order valence-electron chi connectivity index (χ2n) is 7.28. The van der Waals surface area contributed by atoms with Crippen LogP contribution in [0, 0.1) is 6.92 Å². The van der Waals surface area contributed by atoms with E-state index in [1.165, 1.54) is 5.56 Å². The van der Waals surface area contributed by atoms with Gasteiger partial charge in [-0.2, -0.15) is 0 Å². The first-order valence-electron chi connectivity index (χ1n) is 10.1. The first kappa shape index (κ1) is 20.4. The van der Waals surface area contributed by atoms with Gasteiger partial charge in [0, 0.05) is 38.3 Å². The zero-order valence-electron chi connectivity index (χ0n) is 17.1. The van der Waals surface area contributed by atoms with Crippen molar-refractivity contribution in [2.45, 2.75) is 19.9 Å². The topological polar surface area (TPSA) is 44.8 Å². The number of nitrogens with zero attached hydrogens (tertiary/aromatic N) is 2. The molecular weight excluding hydrogens is 350 g/mol. The summed E-state index contributed by atoms with van der Waals surface area (Å²) in [5, 5.41) is 3.16. The van der Waals surface area contributed by atoms with Gasteiger partial charge in [-0.15, -0.1) is 0 Å². The minimum Gasteiger partial charge on any atom is -0.497 e. The van der Waals surface area contributed by atoms with E-state index in [0.29, 0.717) is 6.54 Å². The molecule has 1 aliphatic rings. The Balaban J connectivity index is 1.74. The molecule has 0 bridgehead atoms. The van der Waals surface area contributed by atoms with Crippen LogP contribution < -0.4 is 10.1 Å². The van der Waals surface area contributed by atoms with Gasteiger partial charge in [0.15, 0.2) is 0 Å². The smallest absolute Gasteiger partial charge is 0.251 e. The van der Waals surface area contributed by atoms with Gasteiger partial charge in [-0.1, -0.05) is 37.3 Å². The highest BCUT2D eigenvalue weighted by Crippen LogP contribution is 2.24. The third-order valence-electron chi connectivity index (χ3n) is 5.64. The molecule has 5 heteroatoms. The summed E-state index contributed by atoms with van der Waals surface area (Å²) < 4.78 is 5.30. The number of hydrogen-bond donors (Lipinski definition) is 1. The van der Waals surface area contributed by atoms with Crippen molar-refractivity contribution in [3.05, 3.63) is 65.2 Å². The van der Waals surface area contributed by atoms with Gasteiger partial charge in [-0.25, -0.2) is 0 Å². The molecule has 150 valence electrons. The summed E-state index contributed by atoms with van der Waals surface area (Å²) in [6.45, 7) is 9.99. The van der Waals surface area contributed by atoms with Crippen molar-refractivity contribution >= 4 is 5.91 Å². The molecule has 0 radical (unpaired) electrons. The van der Waals surface area contributed by atoms with E-state index in [-0.39, 0.29) is 11.9 Å². The van der Waals surface area contributed by atoms with Gasteiger partial charge in [0.1, 0.15) is 5.75 Å². The van der Waals surface area contributed by atoms with E-state index in [2.05, 4.69) is 34.2 Å². The molecule has 1 amide bonds. The van der Waals surface area contributed by atoms with Crippen LogP contribution >= 0.6 is 0 Å². The standard InChI is InChI=1S/C23H31N3O2/c1-4-25-13-15-26(16-14-25)22(19-9-11-20(28-3)12-10-19)17-24-23(27)21-8-6-5-7-18(21)2/h5-12,22H,4,13-17H2,1-3H3,(H,24,27). The third-order valence-corrected chi connectivity index (χ3v) is 5.64. The second-order valence-corrected chi connectivity index (χ2v) is 7.28. The average Bonchev–Trinajstić information content (AvgIpc) is 2.75. The summed E-state index contributed by atoms with van der Waals surface area (Å²) >= 11 is 0. The quantitative estimate of drug-likeness (QED) is 0.800. The van der Waals surface area contributed by atoms with E-state index in [9.17, 15) is 4.79 Å². The van der Waals surface area contributed by atoms with Gasteiger partial charge in [0.25, 0.3) is 5.91 Å². The van der Waals surface area contributed by atoms with E-state index in [1.807, 2.05) is 43.3 Å². The van der Waals surface area contributed by atoms with E-state index < -0.39 is 0 Å². The molecule has 1 unspecified atom stereocenters. The number of ether oxygens (including phenoxy) is 1. The number of methoxy groups -OCH3 is 1. The minimum atomic E-state index is -0.0104. The summed E-state index contributed by atoms with van der Waals surface area (Å²) in [7, 11) is 1.68. The fraction of sp³-hybridized carbons (Fsp3) is 0.435. The van der Waals surface area contributed by atoms with Crippen molar-refractivity contribution in [3.8, 4) is 5.75 Å². The van der Waals surface area contributed by atoms with Crippen molar-refractivity contribution in [1.29, 1.82) is 0 Å². The zero-order valence-corrected chi connectivity index (χ0v) is 17.1. The molecule has 0 spiro atoms. The Kier molecular flexibility index (Phi) is 7.06. The Bertz CT molecular complexity index is 768. The number of carbonyl (C=O) groups is 1. The number of rotatable bonds is 7. The van der Waals surface area contributed by atoms with Gasteiger partial charge < -0.3 is 15.0 Å². The molecule has 1 N–H and O–H groups in total. The molecule has 0 aliphatic carbocycles. The Morgan fingerprint density at radius 1 is 1.07 bits per heavy atom. The van der Waals surface area contributed by atoms with Crippen LogP contribution in [-0.4, -0.2) is 62.1 Å². The van der Waals surface area contributed by atoms with E-state index in [1.54, 1.807) is 7.11 Å². The van der Waals surface area contributed by atoms with Crippen molar-refractivity contribution in [2.75, 3.05) is 46.4 Å². The maximum Gasteiger partial charge on any atom is 0.251 e. The van der Waals surface area contributed by atoms with Crippen LogP contribution in [0.2, 0.25) is 0 Å². The lowest BCUT2D eigenvalue weighted by Gasteiger charge is -2.39. The summed E-state index contributed by atoms with van der Waals surface area (Å²) in [6, 6.07) is 16.1. The Labute approximate surface area is 168 Å². The van der Waals surface area contributed by atoms with Crippen LogP contribution in [0.5, 0.6) is 5.75 Å². The molecule has 1 fully saturated rings. The zero-order chi connectivity index (χ0) is 19.9. The summed E-state index contributed by atoms with van der Waals surface area (Å²) in [5.74, 6) is 0.839. The van der Waals surface area contributed by atoms with Gasteiger partial charge in [-0.3, -0.25) is 9.69 Å². The molecule has 1 saturated heterocycles. The number of benzene rings is 2. The first-order valence-corrected chi connectivity index (χ1v) is 10.1. The number of piperazine rings is 1. The van der Waals surface area contributed by atoms with Gasteiger partial charge in [-0.05, 0) is 42.8 Å². The number of likely N-dealkylation sites (N-methyl/N-ethyl adjacent to an activating group) is 1. The maximum absolute atomic E-state index is 12.7. The maximum atomic E-state index is 12.7. The molecule has 1 atom stereocenters. The number of hydrogen-bond acceptors (Lipinski definition) is 4. The summed E-state index contributed by atoms with van der Waals surface area (Å²) in [5.41, 5.74) is 2.94. The number of amides is 1. The van der Waals surface area contributed by atoms with E-state index >= 15 is 0 Å². The van der Waals surface area contributed by atoms with Crippen LogP contribution in [0.1, 0.15) is 34.5 Å². The fourth-order valence-corrected chi connectivity index (χ4v) is 3.79. The van der Waals surface area contributed by atoms with Gasteiger partial charge in [0.2, 0.25) is 0 Å². The largest absolute Gasteiger partial charge is 0.497 e. The van der Waals surface area contributed by atoms with Gasteiger partial charge in [0.05, 0.1) is 13.2 Å². The van der Waals surface area contributed by atoms with Crippen molar-refractivity contribution in [2.24, 2.45) is 0 Å². The highest BCUT2D eigenvalue weighted by molar-refractivity contribution is 5.95. The van der Waals surface area contributed by atoms with Crippen LogP contribution in [-0.2, 0) is 0 Å². The molecule has 28 heavy (non-hydrogen) atoms. The number of aryl methyl sites for hydroxylation is 1. The van der Waals surface area contributed by atoms with Crippen molar-refractivity contribution < 1.29 is 9.53 Å². The van der Waals surface area contributed by atoms with Crippen LogP contribution in [0.15, 0.2) is 48.5 Å². The lowest BCUT2D eigenvalue weighted by molar-refractivity contribution is 0.0855. The second kappa shape index (κ2) is 9.71. The van der Waals surface area contributed by atoms with Crippen molar-refractivity contribution in [1.82, 2.24) is 15.1 Å². The highest BCUT2D eigenvalue weighted by Gasteiger charge is 2.25. The number of carbonyl (C=O) groups excluding carboxylic acids is 1. The molecule has 0 saturated carbocycles. The van der Waals surface area contributed by atoms with Gasteiger partial charge >= 0.3 is 0 Å². The van der Waals surface area contributed by atoms with Crippen molar-refractivity contribution in [3.63, 3.8) is 0 Å². The monoisotopic (exact) mass is 381 g/mol. The van der Waals surface area contributed by atoms with Crippen LogP contribution in [0.25, 0.3) is 0 Å². The molecule has 1 aliphatic heterocycles. The molecule has 2 aromatic rings. The van der Waals surface area contributed by atoms with E-state index in [0.717, 1.165) is 49.6 Å². The number of nitrogens with one attached hydrogen (secondary N) is 1. The molecular formula is C23H31N3O2. The summed E-state index contributed by atoms with van der Waals surface area (Å²) in [6.07, 6.45) is 0. The lowest BCUT2D eigenvalue weighted by atomic mass is 10.0. The molecule has 2 aromatic carbocycles. The third kappa shape index (κ3) is 4.91. The molecule has 5 nitrogen and oxygen atoms in total. The van der Waals surface area contributed by atoms with E-state index in [4.69, 9.17) is 4.74 Å². The first-order chi connectivity index (χ1) is 13.6. The Hall–Kier alpha value is -2.37. The predicted octanol–water partition coefficient (Wildman–Crippen LogP) is 3.11. The predicted molar refractivity (Wildman–Crippen MR) is 113 cm³/mol. The van der Waals surface area contributed by atoms with Crippen LogP contribution in [0.3, 0.4) is 0 Å². The molecule has 1 heterocycles. The molecule has 0 aromatic heterocycles. The lowest BCUT2D eigenvalue weighted by Crippen LogP contribution is -2.49. The minimum absolute atomic E-state index is 0.0104. The normalized spacial score (nSPS) is 16.5. The van der Waals surface area contributed by atoms with Crippen LogP contribution in [0.4, 0.5) is 0 Å². The Morgan fingerprint density at radius 3 is 2.36 bits per heavy atom. The average molecular weight is 382 g/mol. The Morgan fingerprint density at radius 2 is 1.75 bits per heavy atom. The fourth-order valence-electron chi connectivity index (χ4n) is 3.79. The SMILES string of the molecule is CCN1CCN(C(CNC(=O)c2ccccc2C)c2ccc(OC)cc2)CC1.